The highest BCUT2D eigenvalue weighted by Crippen LogP contribution is 2.20. The van der Waals surface area contributed by atoms with E-state index in [1.54, 1.807) is 17.7 Å². The van der Waals surface area contributed by atoms with Crippen LogP contribution in [0.1, 0.15) is 30.4 Å². The molecule has 5 aromatic rings. The van der Waals surface area contributed by atoms with Crippen molar-refractivity contribution in [1.82, 2.24) is 14.5 Å². The summed E-state index contributed by atoms with van der Waals surface area (Å²) in [4.78, 5) is 18.7. The summed E-state index contributed by atoms with van der Waals surface area (Å²) in [5, 5.41) is 3.60. The van der Waals surface area contributed by atoms with Gasteiger partial charge in [-0.05, 0) is 90.5 Å². The molecule has 0 amide bonds. The van der Waals surface area contributed by atoms with Crippen molar-refractivity contribution in [2.24, 2.45) is 7.05 Å². The number of fused-ring (bicyclic) bond motifs is 2. The number of rotatable bonds is 12. The Morgan fingerprint density at radius 2 is 1.60 bits per heavy atom. The number of unbranched alkanes of at least 4 members (excludes halogenated alkanes) is 2. The Kier molecular flexibility index (Phi) is 12.0. The van der Waals surface area contributed by atoms with Gasteiger partial charge in [0, 0.05) is 44.0 Å². The lowest BCUT2D eigenvalue weighted by Gasteiger charge is -2.23. The van der Waals surface area contributed by atoms with Crippen LogP contribution in [0.15, 0.2) is 102 Å². The largest absolute Gasteiger partial charge is 0.494 e. The Balaban J connectivity index is 0.00000220. The average Bonchev–Trinajstić information content (AvgIpc) is 2.96. The van der Waals surface area contributed by atoms with E-state index in [1.165, 1.54) is 21.9 Å². The fraction of sp³-hybridized carbons (Fsp3) is 0.273. The van der Waals surface area contributed by atoms with E-state index in [2.05, 4.69) is 58.4 Å². The first-order valence-corrected chi connectivity index (χ1v) is 13.5. The molecule has 7 heteroatoms. The smallest absolute Gasteiger partial charge is 0.250 e. The number of pyridine rings is 2. The summed E-state index contributed by atoms with van der Waals surface area (Å²) >= 11 is 0. The average molecular weight is 579 g/mol. The predicted molar refractivity (Wildman–Crippen MR) is 170 cm³/mol. The molecule has 0 fully saturated rings. The summed E-state index contributed by atoms with van der Waals surface area (Å²) in [7, 11) is 1.80. The lowest BCUT2D eigenvalue weighted by Crippen LogP contribution is -2.27. The molecule has 2 aromatic heterocycles. The molecule has 0 bridgehead atoms. The minimum absolute atomic E-state index is 0. The van der Waals surface area contributed by atoms with Crippen molar-refractivity contribution in [2.45, 2.75) is 32.2 Å². The zero-order chi connectivity index (χ0) is 26.2. The Morgan fingerprint density at radius 3 is 2.42 bits per heavy atom. The van der Waals surface area contributed by atoms with Crippen molar-refractivity contribution in [3.05, 3.63) is 119 Å². The third-order valence-electron chi connectivity index (χ3n) is 7.14. The van der Waals surface area contributed by atoms with Crippen LogP contribution >= 0.6 is 24.8 Å². The standard InChI is InChI=1S/C33H35N3O2.2ClH/c1-35-32-15-14-31(23-30(32)13-16-33(35)37)38-21-6-2-5-19-36(20-17-26-8-7-18-34-24-26)25-27-11-12-28-9-3-4-10-29(28)22-27;;/h3-4,7-16,18,22-24H,2,5-6,17,19-21,25H2,1H3;2*1H. The molecule has 0 saturated carbocycles. The van der Waals surface area contributed by atoms with Crippen molar-refractivity contribution >= 4 is 46.5 Å². The second-order valence-electron chi connectivity index (χ2n) is 9.93. The molecule has 5 rings (SSSR count). The van der Waals surface area contributed by atoms with E-state index in [4.69, 9.17) is 4.74 Å². The molecule has 5 nitrogen and oxygen atoms in total. The molecular formula is C33H37Cl2N3O2. The number of aromatic nitrogens is 2. The van der Waals surface area contributed by atoms with E-state index in [-0.39, 0.29) is 30.4 Å². The molecule has 0 saturated heterocycles. The lowest BCUT2D eigenvalue weighted by atomic mass is 10.1. The van der Waals surface area contributed by atoms with Crippen LogP contribution in [0.5, 0.6) is 5.75 Å². The summed E-state index contributed by atoms with van der Waals surface area (Å²) in [6.45, 7) is 3.70. The zero-order valence-electron chi connectivity index (χ0n) is 22.9. The normalized spacial score (nSPS) is 10.8. The third kappa shape index (κ3) is 8.31. The van der Waals surface area contributed by atoms with Crippen LogP contribution in [-0.4, -0.2) is 34.1 Å². The Morgan fingerprint density at radius 1 is 0.775 bits per heavy atom. The predicted octanol–water partition coefficient (Wildman–Crippen LogP) is 7.22. The van der Waals surface area contributed by atoms with Crippen LogP contribution in [0, 0.1) is 0 Å². The molecule has 0 unspecified atom stereocenters. The van der Waals surface area contributed by atoms with Crippen molar-refractivity contribution < 1.29 is 4.74 Å². The zero-order valence-corrected chi connectivity index (χ0v) is 24.5. The number of hydrogen-bond donors (Lipinski definition) is 0. The summed E-state index contributed by atoms with van der Waals surface area (Å²) in [6.07, 6.45) is 8.06. The van der Waals surface area contributed by atoms with Crippen LogP contribution in [0.2, 0.25) is 0 Å². The first-order chi connectivity index (χ1) is 18.7. The second-order valence-corrected chi connectivity index (χ2v) is 9.93. The highest BCUT2D eigenvalue weighted by molar-refractivity contribution is 5.86. The van der Waals surface area contributed by atoms with E-state index in [1.807, 2.05) is 42.7 Å². The van der Waals surface area contributed by atoms with E-state index in [9.17, 15) is 4.79 Å². The quantitative estimate of drug-likeness (QED) is 0.147. The Labute approximate surface area is 248 Å². The van der Waals surface area contributed by atoms with E-state index in [0.29, 0.717) is 6.61 Å². The van der Waals surface area contributed by atoms with Gasteiger partial charge in [-0.1, -0.05) is 42.5 Å². The maximum atomic E-state index is 11.8. The highest BCUT2D eigenvalue weighted by atomic mass is 35.5. The molecule has 2 heterocycles. The van der Waals surface area contributed by atoms with E-state index < -0.39 is 0 Å². The van der Waals surface area contributed by atoms with Gasteiger partial charge in [0.05, 0.1) is 12.1 Å². The third-order valence-corrected chi connectivity index (χ3v) is 7.14. The molecule has 0 spiro atoms. The summed E-state index contributed by atoms with van der Waals surface area (Å²) < 4.78 is 7.69. The van der Waals surface area contributed by atoms with Gasteiger partial charge in [-0.25, -0.2) is 0 Å². The van der Waals surface area contributed by atoms with Crippen molar-refractivity contribution in [1.29, 1.82) is 0 Å². The number of nitrogens with zero attached hydrogens (tertiary/aromatic N) is 3. The molecule has 0 N–H and O–H groups in total. The first kappa shape index (κ1) is 31.2. The number of halogens is 2. The van der Waals surface area contributed by atoms with E-state index in [0.717, 1.165) is 62.0 Å². The van der Waals surface area contributed by atoms with Gasteiger partial charge < -0.3 is 9.30 Å². The maximum absolute atomic E-state index is 11.8. The monoisotopic (exact) mass is 577 g/mol. The van der Waals surface area contributed by atoms with Gasteiger partial charge in [0.2, 0.25) is 0 Å². The molecule has 40 heavy (non-hydrogen) atoms. The van der Waals surface area contributed by atoms with Crippen molar-refractivity contribution in [2.75, 3.05) is 19.7 Å². The van der Waals surface area contributed by atoms with Crippen molar-refractivity contribution in [3.63, 3.8) is 0 Å². The number of hydrogen-bond acceptors (Lipinski definition) is 4. The number of benzene rings is 3. The van der Waals surface area contributed by atoms with Crippen molar-refractivity contribution in [3.8, 4) is 5.75 Å². The lowest BCUT2D eigenvalue weighted by molar-refractivity contribution is 0.254. The molecular weight excluding hydrogens is 541 g/mol. The minimum Gasteiger partial charge on any atom is -0.494 e. The fourth-order valence-corrected chi connectivity index (χ4v) is 4.96. The van der Waals surface area contributed by atoms with Gasteiger partial charge in [0.15, 0.2) is 0 Å². The maximum Gasteiger partial charge on any atom is 0.250 e. The van der Waals surface area contributed by atoms with Gasteiger partial charge in [-0.3, -0.25) is 14.7 Å². The fourth-order valence-electron chi connectivity index (χ4n) is 4.96. The molecule has 0 radical (unpaired) electrons. The Bertz CT molecular complexity index is 1560. The van der Waals surface area contributed by atoms with E-state index >= 15 is 0 Å². The molecule has 0 atom stereocenters. The highest BCUT2D eigenvalue weighted by Gasteiger charge is 2.08. The number of aryl methyl sites for hydroxylation is 1. The molecule has 0 aliphatic carbocycles. The second kappa shape index (κ2) is 15.4. The first-order valence-electron chi connectivity index (χ1n) is 13.5. The van der Waals surface area contributed by atoms with Gasteiger partial charge in [0.25, 0.3) is 5.56 Å². The summed E-state index contributed by atoms with van der Waals surface area (Å²) in [6, 6.07) is 28.9. The van der Waals surface area contributed by atoms with Crippen LogP contribution in [0.3, 0.4) is 0 Å². The summed E-state index contributed by atoms with van der Waals surface area (Å²) in [5.41, 5.74) is 3.55. The Hall–Kier alpha value is -3.38. The molecule has 0 aliphatic rings. The topological polar surface area (TPSA) is 47.4 Å². The SMILES string of the molecule is Cl.Cl.Cn1c(=O)ccc2cc(OCCCCCN(CCc3cccnc3)Cc3ccc4ccccc4c3)ccc21. The summed E-state index contributed by atoms with van der Waals surface area (Å²) in [5.74, 6) is 0.852. The van der Waals surface area contributed by atoms with Gasteiger partial charge in [-0.2, -0.15) is 0 Å². The van der Waals surface area contributed by atoms with Crippen LogP contribution < -0.4 is 10.3 Å². The van der Waals surface area contributed by atoms with Crippen LogP contribution in [0.4, 0.5) is 0 Å². The van der Waals surface area contributed by atoms with Crippen LogP contribution in [-0.2, 0) is 20.0 Å². The van der Waals surface area contributed by atoms with Gasteiger partial charge >= 0.3 is 0 Å². The van der Waals surface area contributed by atoms with Gasteiger partial charge in [-0.15, -0.1) is 24.8 Å². The van der Waals surface area contributed by atoms with Gasteiger partial charge in [0.1, 0.15) is 5.75 Å². The molecule has 210 valence electrons. The molecule has 0 aliphatic heterocycles. The van der Waals surface area contributed by atoms with Crippen LogP contribution in [0.25, 0.3) is 21.7 Å². The minimum atomic E-state index is 0. The number of ether oxygens (including phenoxy) is 1. The molecule has 3 aromatic carbocycles.